The van der Waals surface area contributed by atoms with Gasteiger partial charge in [0.1, 0.15) is 5.82 Å². The molecule has 1 aromatic carbocycles. The Morgan fingerprint density at radius 2 is 2.00 bits per heavy atom. The third kappa shape index (κ3) is 3.02. The normalized spacial score (nSPS) is 13.5. The first-order valence-corrected chi connectivity index (χ1v) is 6.54. The van der Waals surface area contributed by atoms with E-state index < -0.39 is 0 Å². The minimum absolute atomic E-state index is 0.0556. The van der Waals surface area contributed by atoms with Crippen LogP contribution >= 0.6 is 0 Å². The maximum Gasteiger partial charge on any atom is 0.123 e. The van der Waals surface area contributed by atoms with Crippen LogP contribution in [0.15, 0.2) is 18.2 Å². The molecule has 0 aliphatic rings. The summed E-state index contributed by atoms with van der Waals surface area (Å²) < 4.78 is 13.4. The van der Waals surface area contributed by atoms with Crippen molar-refractivity contribution in [3.05, 3.63) is 29.6 Å². The summed E-state index contributed by atoms with van der Waals surface area (Å²) in [5.41, 5.74) is 2.15. The third-order valence-corrected chi connectivity index (χ3v) is 4.02. The van der Waals surface area contributed by atoms with Crippen molar-refractivity contribution in [1.82, 2.24) is 5.32 Å². The van der Waals surface area contributed by atoms with Gasteiger partial charge < -0.3 is 10.2 Å². The minimum atomic E-state index is -0.182. The number of halogens is 1. The summed E-state index contributed by atoms with van der Waals surface area (Å²) in [6.07, 6.45) is 1.04. The average Bonchev–Trinajstić information content (AvgIpc) is 2.36. The number of hydrogen-bond donors (Lipinski definition) is 1. The van der Waals surface area contributed by atoms with Crippen molar-refractivity contribution in [1.29, 1.82) is 0 Å². The van der Waals surface area contributed by atoms with Gasteiger partial charge in [-0.1, -0.05) is 6.92 Å². The van der Waals surface area contributed by atoms with Crippen molar-refractivity contribution < 1.29 is 4.39 Å². The fourth-order valence-corrected chi connectivity index (χ4v) is 1.90. The van der Waals surface area contributed by atoms with Crippen LogP contribution in [0.4, 0.5) is 10.1 Å². The van der Waals surface area contributed by atoms with E-state index in [1.54, 1.807) is 6.07 Å². The fourth-order valence-electron chi connectivity index (χ4n) is 1.90. The molecule has 0 spiro atoms. The van der Waals surface area contributed by atoms with Crippen molar-refractivity contribution in [3.8, 4) is 0 Å². The van der Waals surface area contributed by atoms with E-state index >= 15 is 0 Å². The largest absolute Gasteiger partial charge is 0.369 e. The zero-order valence-corrected chi connectivity index (χ0v) is 12.3. The Morgan fingerprint density at radius 3 is 2.50 bits per heavy atom. The maximum atomic E-state index is 13.4. The first-order valence-electron chi connectivity index (χ1n) is 6.54. The molecule has 3 heteroatoms. The van der Waals surface area contributed by atoms with Gasteiger partial charge in [-0.15, -0.1) is 0 Å². The standard InChI is InChI=1S/C15H25FN2/c1-7-15(3,4)18(6)14-9-8-12(16)10-13(14)11(2)17-5/h8-11,17H,7H2,1-6H3. The van der Waals surface area contributed by atoms with Crippen LogP contribution in [0.3, 0.4) is 0 Å². The Morgan fingerprint density at radius 1 is 1.39 bits per heavy atom. The van der Waals surface area contributed by atoms with E-state index in [1.165, 1.54) is 6.07 Å². The number of rotatable bonds is 5. The van der Waals surface area contributed by atoms with Crippen molar-refractivity contribution >= 4 is 5.69 Å². The van der Waals surface area contributed by atoms with Gasteiger partial charge in [0, 0.05) is 24.3 Å². The molecule has 0 saturated carbocycles. The lowest BCUT2D eigenvalue weighted by Gasteiger charge is -2.38. The third-order valence-electron chi connectivity index (χ3n) is 4.02. The maximum absolute atomic E-state index is 13.4. The van der Waals surface area contributed by atoms with Crippen molar-refractivity contribution in [2.75, 3.05) is 19.0 Å². The molecule has 0 heterocycles. The lowest BCUT2D eigenvalue weighted by Crippen LogP contribution is -2.41. The SMILES string of the molecule is CCC(C)(C)N(C)c1ccc(F)cc1C(C)NC. The molecule has 0 aromatic heterocycles. The fraction of sp³-hybridized carbons (Fsp3) is 0.600. The second-order valence-corrected chi connectivity index (χ2v) is 5.44. The monoisotopic (exact) mass is 252 g/mol. The van der Waals surface area contributed by atoms with Gasteiger partial charge in [-0.05, 0) is 58.0 Å². The predicted molar refractivity (Wildman–Crippen MR) is 76.6 cm³/mol. The van der Waals surface area contributed by atoms with Gasteiger partial charge in [0.2, 0.25) is 0 Å². The molecule has 0 aliphatic heterocycles. The van der Waals surface area contributed by atoms with Crippen LogP contribution in [0.1, 0.15) is 45.7 Å². The van der Waals surface area contributed by atoms with Crippen molar-refractivity contribution in [2.24, 2.45) is 0 Å². The quantitative estimate of drug-likeness (QED) is 0.859. The van der Waals surface area contributed by atoms with E-state index in [4.69, 9.17) is 0 Å². The molecule has 18 heavy (non-hydrogen) atoms. The van der Waals surface area contributed by atoms with Gasteiger partial charge in [0.25, 0.3) is 0 Å². The van der Waals surface area contributed by atoms with Crippen LogP contribution in [-0.4, -0.2) is 19.6 Å². The molecule has 0 saturated heterocycles. The first-order chi connectivity index (χ1) is 8.33. The second kappa shape index (κ2) is 5.70. The predicted octanol–water partition coefficient (Wildman–Crippen LogP) is 3.73. The van der Waals surface area contributed by atoms with Crippen LogP contribution in [0.25, 0.3) is 0 Å². The molecule has 0 bridgehead atoms. The summed E-state index contributed by atoms with van der Waals surface area (Å²) in [4.78, 5) is 2.23. The van der Waals surface area contributed by atoms with Crippen LogP contribution in [0, 0.1) is 5.82 Å². The van der Waals surface area contributed by atoms with Gasteiger partial charge in [-0.3, -0.25) is 0 Å². The molecule has 1 N–H and O–H groups in total. The first kappa shape index (κ1) is 15.0. The summed E-state index contributed by atoms with van der Waals surface area (Å²) in [5.74, 6) is -0.182. The summed E-state index contributed by atoms with van der Waals surface area (Å²) in [6.45, 7) is 8.61. The Kier molecular flexibility index (Phi) is 4.74. The molecule has 0 radical (unpaired) electrons. The second-order valence-electron chi connectivity index (χ2n) is 5.44. The Balaban J connectivity index is 3.23. The highest BCUT2D eigenvalue weighted by atomic mass is 19.1. The molecular formula is C15H25FN2. The molecule has 0 amide bonds. The van der Waals surface area contributed by atoms with Crippen molar-refractivity contribution in [2.45, 2.75) is 45.7 Å². The summed E-state index contributed by atoms with van der Waals surface area (Å²) in [6, 6.07) is 5.16. The average molecular weight is 252 g/mol. The summed E-state index contributed by atoms with van der Waals surface area (Å²) >= 11 is 0. The number of benzene rings is 1. The van der Waals surface area contributed by atoms with E-state index in [2.05, 4.69) is 38.0 Å². The number of nitrogens with zero attached hydrogens (tertiary/aromatic N) is 1. The Bertz CT molecular complexity index is 401. The van der Waals surface area contributed by atoms with E-state index in [-0.39, 0.29) is 17.4 Å². The van der Waals surface area contributed by atoms with Gasteiger partial charge in [0.05, 0.1) is 0 Å². The molecule has 0 aliphatic carbocycles. The molecule has 1 atom stereocenters. The molecule has 2 nitrogen and oxygen atoms in total. The van der Waals surface area contributed by atoms with Gasteiger partial charge in [0.15, 0.2) is 0 Å². The summed E-state index contributed by atoms with van der Waals surface area (Å²) in [7, 11) is 3.97. The van der Waals surface area contributed by atoms with Crippen LogP contribution in [0.5, 0.6) is 0 Å². The van der Waals surface area contributed by atoms with Crippen LogP contribution < -0.4 is 10.2 Å². The molecular weight excluding hydrogens is 227 g/mol. The Labute approximate surface area is 110 Å². The van der Waals surface area contributed by atoms with Gasteiger partial charge >= 0.3 is 0 Å². The lowest BCUT2D eigenvalue weighted by molar-refractivity contribution is 0.467. The zero-order chi connectivity index (χ0) is 13.9. The molecule has 0 fully saturated rings. The number of nitrogens with one attached hydrogen (secondary N) is 1. The highest BCUT2D eigenvalue weighted by Gasteiger charge is 2.24. The Hall–Kier alpha value is -1.09. The van der Waals surface area contributed by atoms with E-state index in [0.29, 0.717) is 0 Å². The lowest BCUT2D eigenvalue weighted by atomic mass is 9.96. The minimum Gasteiger partial charge on any atom is -0.369 e. The molecule has 1 unspecified atom stereocenters. The topological polar surface area (TPSA) is 15.3 Å². The summed E-state index contributed by atoms with van der Waals surface area (Å²) in [5, 5.41) is 3.18. The highest BCUT2D eigenvalue weighted by molar-refractivity contribution is 5.56. The number of hydrogen-bond acceptors (Lipinski definition) is 2. The van der Waals surface area contributed by atoms with E-state index in [1.807, 2.05) is 20.0 Å². The smallest absolute Gasteiger partial charge is 0.123 e. The highest BCUT2D eigenvalue weighted by Crippen LogP contribution is 2.31. The van der Waals surface area contributed by atoms with E-state index in [0.717, 1.165) is 17.7 Å². The zero-order valence-electron chi connectivity index (χ0n) is 12.3. The molecule has 1 aromatic rings. The van der Waals surface area contributed by atoms with Crippen LogP contribution in [-0.2, 0) is 0 Å². The molecule has 102 valence electrons. The van der Waals surface area contributed by atoms with Gasteiger partial charge in [-0.25, -0.2) is 4.39 Å². The number of anilines is 1. The van der Waals surface area contributed by atoms with Crippen molar-refractivity contribution in [3.63, 3.8) is 0 Å². The van der Waals surface area contributed by atoms with E-state index in [9.17, 15) is 4.39 Å². The van der Waals surface area contributed by atoms with Gasteiger partial charge in [-0.2, -0.15) is 0 Å². The van der Waals surface area contributed by atoms with Crippen LogP contribution in [0.2, 0.25) is 0 Å². The molecule has 1 rings (SSSR count).